The van der Waals surface area contributed by atoms with E-state index in [2.05, 4.69) is 16.5 Å². The summed E-state index contributed by atoms with van der Waals surface area (Å²) in [6.07, 6.45) is 3.99. The molecule has 0 saturated carbocycles. The number of benzene rings is 1. The minimum absolute atomic E-state index is 0.00857. The summed E-state index contributed by atoms with van der Waals surface area (Å²) in [6, 6.07) is 13.5. The van der Waals surface area contributed by atoms with Crippen molar-refractivity contribution in [3.63, 3.8) is 0 Å². The predicted molar refractivity (Wildman–Crippen MR) is 94.4 cm³/mol. The molecule has 1 unspecified atom stereocenters. The molecule has 2 aromatic heterocycles. The summed E-state index contributed by atoms with van der Waals surface area (Å²) in [6.45, 7) is 0.505. The molecule has 0 bridgehead atoms. The Morgan fingerprint density at radius 3 is 2.96 bits per heavy atom. The van der Waals surface area contributed by atoms with Gasteiger partial charge in [-0.15, -0.1) is 11.3 Å². The maximum Gasteiger partial charge on any atom is 0.224 e. The summed E-state index contributed by atoms with van der Waals surface area (Å²) >= 11 is 1.66. The number of hydrogen-bond acceptors (Lipinski definition) is 4. The molecule has 5 nitrogen and oxygen atoms in total. The van der Waals surface area contributed by atoms with Crippen molar-refractivity contribution < 1.29 is 9.53 Å². The lowest BCUT2D eigenvalue weighted by molar-refractivity contribution is -0.120. The van der Waals surface area contributed by atoms with Gasteiger partial charge in [0.2, 0.25) is 5.91 Å². The summed E-state index contributed by atoms with van der Waals surface area (Å²) in [7, 11) is 1.62. The van der Waals surface area contributed by atoms with Gasteiger partial charge in [-0.2, -0.15) is 5.10 Å². The molecular formula is C18H19N3O2S. The van der Waals surface area contributed by atoms with Gasteiger partial charge in [-0.3, -0.25) is 9.48 Å². The number of hydrogen-bond donors (Lipinski definition) is 1. The van der Waals surface area contributed by atoms with Gasteiger partial charge >= 0.3 is 0 Å². The second-order valence-electron chi connectivity index (χ2n) is 5.35. The third kappa shape index (κ3) is 4.02. The van der Waals surface area contributed by atoms with E-state index >= 15 is 0 Å². The van der Waals surface area contributed by atoms with Crippen LogP contribution in [0.3, 0.4) is 0 Å². The number of rotatable bonds is 7. The highest BCUT2D eigenvalue weighted by molar-refractivity contribution is 7.10. The molecule has 0 aliphatic carbocycles. The Morgan fingerprint density at radius 1 is 1.33 bits per heavy atom. The lowest BCUT2D eigenvalue weighted by Gasteiger charge is -2.17. The van der Waals surface area contributed by atoms with E-state index in [1.807, 2.05) is 52.7 Å². The topological polar surface area (TPSA) is 56.1 Å². The zero-order valence-electron chi connectivity index (χ0n) is 13.4. The molecular weight excluding hydrogens is 322 g/mol. The molecule has 24 heavy (non-hydrogen) atoms. The first-order valence-corrected chi connectivity index (χ1v) is 8.56. The van der Waals surface area contributed by atoms with Crippen molar-refractivity contribution in [2.75, 3.05) is 13.7 Å². The van der Waals surface area contributed by atoms with Gasteiger partial charge in [0.1, 0.15) is 11.8 Å². The number of carbonyl (C=O) groups is 1. The van der Waals surface area contributed by atoms with Crippen molar-refractivity contribution in [1.29, 1.82) is 0 Å². The Balaban J connectivity index is 1.63. The number of methoxy groups -OCH3 is 1. The summed E-state index contributed by atoms with van der Waals surface area (Å²) < 4.78 is 7.06. The lowest BCUT2D eigenvalue weighted by Crippen LogP contribution is -2.32. The fraction of sp³-hybridized carbons (Fsp3) is 0.222. The number of aromatic nitrogens is 2. The van der Waals surface area contributed by atoms with Gasteiger partial charge in [-0.25, -0.2) is 0 Å². The second kappa shape index (κ2) is 7.79. The van der Waals surface area contributed by atoms with Crippen LogP contribution in [-0.4, -0.2) is 29.3 Å². The lowest BCUT2D eigenvalue weighted by atomic mass is 10.1. The molecule has 1 aromatic carbocycles. The molecule has 3 rings (SSSR count). The van der Waals surface area contributed by atoms with Crippen LogP contribution in [0.1, 0.15) is 16.5 Å². The Hall–Kier alpha value is -2.60. The molecule has 0 fully saturated rings. The molecule has 0 aliphatic heterocycles. The van der Waals surface area contributed by atoms with Crippen LogP contribution >= 0.6 is 11.3 Å². The molecule has 1 amide bonds. The van der Waals surface area contributed by atoms with Crippen LogP contribution in [0.5, 0.6) is 5.75 Å². The van der Waals surface area contributed by atoms with Crippen molar-refractivity contribution in [2.24, 2.45) is 0 Å². The summed E-state index contributed by atoms with van der Waals surface area (Å²) in [4.78, 5) is 13.4. The molecule has 2 heterocycles. The number of amides is 1. The van der Waals surface area contributed by atoms with E-state index in [0.717, 1.165) is 11.3 Å². The highest BCUT2D eigenvalue weighted by Gasteiger charge is 2.16. The van der Waals surface area contributed by atoms with E-state index in [-0.39, 0.29) is 11.9 Å². The van der Waals surface area contributed by atoms with Gasteiger partial charge in [0.15, 0.2) is 0 Å². The number of nitrogens with one attached hydrogen (secondary N) is 1. The van der Waals surface area contributed by atoms with Gasteiger partial charge < -0.3 is 10.1 Å². The average Bonchev–Trinajstić information content (AvgIpc) is 3.29. The predicted octanol–water partition coefficient (Wildman–Crippen LogP) is 2.90. The normalized spacial score (nSPS) is 11.9. The third-order valence-electron chi connectivity index (χ3n) is 3.71. The van der Waals surface area contributed by atoms with Crippen molar-refractivity contribution in [2.45, 2.75) is 12.5 Å². The second-order valence-corrected chi connectivity index (χ2v) is 6.33. The SMILES string of the molecule is COc1cccc(CC(=O)NCC(c2cccs2)n2cccn2)c1. The fourth-order valence-corrected chi connectivity index (χ4v) is 3.33. The highest BCUT2D eigenvalue weighted by Crippen LogP contribution is 2.22. The number of ether oxygens (including phenoxy) is 1. The van der Waals surface area contributed by atoms with Gasteiger partial charge in [0.05, 0.1) is 13.5 Å². The van der Waals surface area contributed by atoms with Crippen molar-refractivity contribution in [1.82, 2.24) is 15.1 Å². The number of carbonyl (C=O) groups excluding carboxylic acids is 1. The van der Waals surface area contributed by atoms with E-state index in [1.165, 1.54) is 4.88 Å². The standard InChI is InChI=1S/C18H19N3O2S/c1-23-15-6-2-5-14(11-15)12-18(22)19-13-16(17-7-3-10-24-17)21-9-4-8-20-21/h2-11,16H,12-13H2,1H3,(H,19,22). The summed E-state index contributed by atoms with van der Waals surface area (Å²) in [5.74, 6) is 0.741. The van der Waals surface area contributed by atoms with Gasteiger partial charge in [0.25, 0.3) is 0 Å². The van der Waals surface area contributed by atoms with Crippen molar-refractivity contribution in [3.05, 3.63) is 70.7 Å². The van der Waals surface area contributed by atoms with Crippen LogP contribution in [0.15, 0.2) is 60.2 Å². The monoisotopic (exact) mass is 341 g/mol. The third-order valence-corrected chi connectivity index (χ3v) is 4.68. The Kier molecular flexibility index (Phi) is 5.28. The van der Waals surface area contributed by atoms with Gasteiger partial charge in [-0.1, -0.05) is 18.2 Å². The zero-order chi connectivity index (χ0) is 16.8. The molecule has 6 heteroatoms. The van der Waals surface area contributed by atoms with Crippen LogP contribution in [-0.2, 0) is 11.2 Å². The van der Waals surface area contributed by atoms with E-state index in [1.54, 1.807) is 24.6 Å². The van der Waals surface area contributed by atoms with Crippen LogP contribution < -0.4 is 10.1 Å². The van der Waals surface area contributed by atoms with Crippen LogP contribution in [0.4, 0.5) is 0 Å². The highest BCUT2D eigenvalue weighted by atomic mass is 32.1. The van der Waals surface area contributed by atoms with Crippen molar-refractivity contribution in [3.8, 4) is 5.75 Å². The Morgan fingerprint density at radius 2 is 2.25 bits per heavy atom. The summed E-state index contributed by atoms with van der Waals surface area (Å²) in [5.41, 5.74) is 0.929. The van der Waals surface area contributed by atoms with Gasteiger partial charge in [0, 0.05) is 23.8 Å². The maximum atomic E-state index is 12.3. The minimum Gasteiger partial charge on any atom is -0.497 e. The first-order chi connectivity index (χ1) is 11.8. The fourth-order valence-electron chi connectivity index (χ4n) is 2.51. The van der Waals surface area contributed by atoms with E-state index < -0.39 is 0 Å². The first kappa shape index (κ1) is 16.3. The van der Waals surface area contributed by atoms with Crippen LogP contribution in [0.2, 0.25) is 0 Å². The smallest absolute Gasteiger partial charge is 0.224 e. The molecule has 0 radical (unpaired) electrons. The zero-order valence-corrected chi connectivity index (χ0v) is 14.2. The molecule has 0 spiro atoms. The molecule has 0 aliphatic rings. The molecule has 3 aromatic rings. The molecule has 1 N–H and O–H groups in total. The Labute approximate surface area is 144 Å². The average molecular weight is 341 g/mol. The molecule has 0 saturated heterocycles. The van der Waals surface area contributed by atoms with E-state index in [4.69, 9.17) is 4.74 Å². The molecule has 1 atom stereocenters. The minimum atomic E-state index is -0.0167. The van der Waals surface area contributed by atoms with Gasteiger partial charge in [-0.05, 0) is 35.2 Å². The largest absolute Gasteiger partial charge is 0.497 e. The van der Waals surface area contributed by atoms with Crippen LogP contribution in [0.25, 0.3) is 0 Å². The van der Waals surface area contributed by atoms with Crippen molar-refractivity contribution >= 4 is 17.2 Å². The first-order valence-electron chi connectivity index (χ1n) is 7.68. The Bertz CT molecular complexity index is 735. The summed E-state index contributed by atoms with van der Waals surface area (Å²) in [5, 5.41) is 9.36. The molecule has 124 valence electrons. The van der Waals surface area contributed by atoms with E-state index in [9.17, 15) is 4.79 Å². The van der Waals surface area contributed by atoms with E-state index in [0.29, 0.717) is 13.0 Å². The van der Waals surface area contributed by atoms with Crippen LogP contribution in [0, 0.1) is 0 Å². The maximum absolute atomic E-state index is 12.3. The quantitative estimate of drug-likeness (QED) is 0.719. The number of thiophene rings is 1. The number of nitrogens with zero attached hydrogens (tertiary/aromatic N) is 2.